The van der Waals surface area contributed by atoms with Crippen LogP contribution in [-0.4, -0.2) is 13.1 Å². The average molecular weight is 127 g/mol. The first-order valence-corrected chi connectivity index (χ1v) is 3.11. The van der Waals surface area contributed by atoms with E-state index in [1.165, 1.54) is 37.3 Å². The van der Waals surface area contributed by atoms with Gasteiger partial charge in [0.25, 0.3) is 0 Å². The molecule has 0 bridgehead atoms. The zero-order chi connectivity index (χ0) is 6.95. The summed E-state index contributed by atoms with van der Waals surface area (Å²) in [5, 5.41) is 3.28. The van der Waals surface area contributed by atoms with E-state index in [9.17, 15) is 0 Å². The highest BCUT2D eigenvalue weighted by Crippen LogP contribution is 1.96. The molecule has 52 valence electrons. The summed E-state index contributed by atoms with van der Waals surface area (Å²) in [7, 11) is 0. The monoisotopic (exact) mass is 127 g/mol. The molecule has 1 rings (SSSR count). The molecule has 0 aliphatic carbocycles. The molecule has 1 aliphatic rings. The summed E-state index contributed by atoms with van der Waals surface area (Å²) >= 11 is 0. The van der Waals surface area contributed by atoms with Gasteiger partial charge in [0.15, 0.2) is 0 Å². The molecule has 1 fully saturated rings. The average Bonchev–Trinajstić information content (AvgIpc) is 1.93. The van der Waals surface area contributed by atoms with E-state index >= 15 is 0 Å². The van der Waals surface area contributed by atoms with E-state index in [2.05, 4.69) is 5.32 Å². The third-order valence-electron chi connectivity index (χ3n) is 1.21. The molecule has 4 nitrogen and oxygen atoms in total. The molecular formula is C5H11N4-. The zero-order valence-corrected chi connectivity index (χ0v) is 5.38. The van der Waals surface area contributed by atoms with Crippen molar-refractivity contribution >= 4 is 0 Å². The van der Waals surface area contributed by atoms with E-state index in [-0.39, 0.29) is 0 Å². The topological polar surface area (TPSA) is 70.7 Å². The van der Waals surface area contributed by atoms with Crippen LogP contribution in [0.2, 0.25) is 0 Å². The van der Waals surface area contributed by atoms with Gasteiger partial charge in [-0.25, -0.2) is 0 Å². The normalized spacial score (nSPS) is 16.9. The highest BCUT2D eigenvalue weighted by atomic mass is 15.0. The van der Waals surface area contributed by atoms with Crippen molar-refractivity contribution in [3.05, 3.63) is 16.0 Å². The van der Waals surface area contributed by atoms with Gasteiger partial charge in [-0.1, -0.05) is 6.42 Å². The van der Waals surface area contributed by atoms with Crippen molar-refractivity contribution in [3.8, 4) is 0 Å². The van der Waals surface area contributed by atoms with E-state index in [1.54, 1.807) is 0 Å². The largest absolute Gasteiger partial charge is 0.373 e. The fourth-order valence-electron chi connectivity index (χ4n) is 0.802. The fourth-order valence-corrected chi connectivity index (χ4v) is 0.802. The van der Waals surface area contributed by atoms with Gasteiger partial charge in [0.1, 0.15) is 0 Å². The van der Waals surface area contributed by atoms with E-state index in [4.69, 9.17) is 11.1 Å². The van der Waals surface area contributed by atoms with Gasteiger partial charge in [0.05, 0.1) is 0 Å². The maximum absolute atomic E-state index is 6.75. The van der Waals surface area contributed by atoms with Gasteiger partial charge >= 0.3 is 0 Å². The summed E-state index contributed by atoms with van der Waals surface area (Å²) in [6.07, 6.45) is 4.22. The number of hydrogen-bond donors (Lipinski definition) is 1. The number of rotatable bonds is 0. The first-order valence-electron chi connectivity index (χ1n) is 3.11. The minimum absolute atomic E-state index is 1.25. The molecule has 0 aromatic heterocycles. The summed E-state index contributed by atoms with van der Waals surface area (Å²) in [6.45, 7) is 2.50. The second kappa shape index (κ2) is 7.27. The van der Waals surface area contributed by atoms with E-state index in [0.29, 0.717) is 0 Å². The summed E-state index contributed by atoms with van der Waals surface area (Å²) in [5.41, 5.74) is 13.5. The molecule has 0 unspecified atom stereocenters. The Hall–Kier alpha value is -0.730. The third kappa shape index (κ3) is 7.27. The van der Waals surface area contributed by atoms with Crippen molar-refractivity contribution < 1.29 is 0 Å². The van der Waals surface area contributed by atoms with Gasteiger partial charge in [-0.2, -0.15) is 0 Å². The first-order chi connectivity index (χ1) is 4.41. The Kier molecular flexibility index (Phi) is 6.68. The van der Waals surface area contributed by atoms with Gasteiger partial charge in [0, 0.05) is 0 Å². The van der Waals surface area contributed by atoms with Crippen LogP contribution in [-0.2, 0) is 0 Å². The number of hydrogen-bond acceptors (Lipinski definition) is 1. The van der Waals surface area contributed by atoms with Gasteiger partial charge in [-0.3, -0.25) is 4.91 Å². The molecule has 0 amide bonds. The summed E-state index contributed by atoms with van der Waals surface area (Å²) in [5.74, 6) is 0. The quantitative estimate of drug-likeness (QED) is 0.300. The van der Waals surface area contributed by atoms with Gasteiger partial charge < -0.3 is 16.4 Å². The lowest BCUT2D eigenvalue weighted by Crippen LogP contribution is -2.21. The Morgan fingerprint density at radius 1 is 1.00 bits per heavy atom. The molecule has 0 aromatic carbocycles. The minimum Gasteiger partial charge on any atom is -0.373 e. The number of nitrogens with one attached hydrogen (secondary N) is 1. The lowest BCUT2D eigenvalue weighted by molar-refractivity contribution is 0.520. The molecule has 0 spiro atoms. The summed E-state index contributed by atoms with van der Waals surface area (Å²) in [6, 6.07) is 0. The molecule has 9 heavy (non-hydrogen) atoms. The lowest BCUT2D eigenvalue weighted by atomic mass is 10.2. The second-order valence-corrected chi connectivity index (χ2v) is 1.90. The fraction of sp³-hybridized carbons (Fsp3) is 1.00. The first kappa shape index (κ1) is 8.27. The van der Waals surface area contributed by atoms with Gasteiger partial charge in [-0.15, -0.1) is 0 Å². The number of nitrogens with zero attached hydrogens (tertiary/aromatic N) is 3. The maximum Gasteiger partial charge on any atom is -0.00489 e. The molecule has 1 saturated heterocycles. The minimum atomic E-state index is 1.25. The Morgan fingerprint density at radius 2 is 1.44 bits per heavy atom. The van der Waals surface area contributed by atoms with Crippen LogP contribution in [0.1, 0.15) is 19.3 Å². The van der Waals surface area contributed by atoms with Crippen LogP contribution in [0.5, 0.6) is 0 Å². The highest BCUT2D eigenvalue weighted by Gasteiger charge is 1.93. The zero-order valence-electron chi connectivity index (χ0n) is 5.38. The molecule has 0 radical (unpaired) electrons. The molecule has 0 aromatic rings. The Labute approximate surface area is 54.7 Å². The molecule has 1 aliphatic heterocycles. The Balaban J connectivity index is 0.000000187. The van der Waals surface area contributed by atoms with Crippen molar-refractivity contribution in [2.45, 2.75) is 19.3 Å². The van der Waals surface area contributed by atoms with Crippen molar-refractivity contribution in [1.82, 2.24) is 5.32 Å². The predicted molar refractivity (Wildman–Crippen MR) is 36.8 cm³/mol. The van der Waals surface area contributed by atoms with Crippen LogP contribution in [0.3, 0.4) is 0 Å². The van der Waals surface area contributed by atoms with Crippen LogP contribution in [0, 0.1) is 0 Å². The maximum atomic E-state index is 6.75. The Morgan fingerprint density at radius 3 is 1.56 bits per heavy atom. The smallest absolute Gasteiger partial charge is 0.00489 e. The summed E-state index contributed by atoms with van der Waals surface area (Å²) < 4.78 is 0. The number of piperidine rings is 1. The van der Waals surface area contributed by atoms with Crippen LogP contribution in [0.4, 0.5) is 0 Å². The second-order valence-electron chi connectivity index (χ2n) is 1.90. The van der Waals surface area contributed by atoms with Crippen molar-refractivity contribution in [3.63, 3.8) is 0 Å². The van der Waals surface area contributed by atoms with Gasteiger partial charge in [0.2, 0.25) is 0 Å². The standard InChI is InChI=1S/C5H11N.N3/c1-2-4-6-5-3-1;1-3-2/h6H,1-5H2;/q;-1. The lowest BCUT2D eigenvalue weighted by Gasteiger charge is -2.08. The van der Waals surface area contributed by atoms with Crippen LogP contribution < -0.4 is 5.32 Å². The molecule has 0 atom stereocenters. The molecule has 4 heteroatoms. The predicted octanol–water partition coefficient (Wildman–Crippen LogP) is 1.63. The van der Waals surface area contributed by atoms with E-state index in [1.807, 2.05) is 0 Å². The van der Waals surface area contributed by atoms with Crippen molar-refractivity contribution in [2.24, 2.45) is 0 Å². The molecule has 1 N–H and O–H groups in total. The van der Waals surface area contributed by atoms with E-state index < -0.39 is 0 Å². The van der Waals surface area contributed by atoms with Crippen LogP contribution >= 0.6 is 0 Å². The molecular weight excluding hydrogens is 116 g/mol. The Bertz CT molecular complexity index is 69.4. The third-order valence-corrected chi connectivity index (χ3v) is 1.21. The van der Waals surface area contributed by atoms with E-state index in [0.717, 1.165) is 0 Å². The van der Waals surface area contributed by atoms with Crippen molar-refractivity contribution in [2.75, 3.05) is 13.1 Å². The highest BCUT2D eigenvalue weighted by molar-refractivity contribution is 4.55. The SMILES string of the molecule is C1CCNCC1.[N-]=[N+]=[N-]. The molecule has 0 saturated carbocycles. The van der Waals surface area contributed by atoms with Crippen LogP contribution in [0.15, 0.2) is 0 Å². The van der Waals surface area contributed by atoms with Gasteiger partial charge in [-0.05, 0) is 25.9 Å². The molecule has 1 heterocycles. The van der Waals surface area contributed by atoms with Crippen LogP contribution in [0.25, 0.3) is 16.0 Å². The van der Waals surface area contributed by atoms with Crippen molar-refractivity contribution in [1.29, 1.82) is 0 Å². The summed E-state index contributed by atoms with van der Waals surface area (Å²) in [4.78, 5) is 1.50.